The molecule has 0 saturated heterocycles. The smallest absolute Gasteiger partial charge is 0.243 e. The molecule has 1 N–H and O–H groups in total. The SMILES string of the molecule is CC(C)CNC(=O)C=CCCC#Cc1ccc(F)c(Cl)c1. The Kier molecular flexibility index (Phi) is 7.56. The van der Waals surface area contributed by atoms with Crippen molar-refractivity contribution < 1.29 is 9.18 Å². The number of amides is 1. The van der Waals surface area contributed by atoms with Crippen molar-refractivity contribution in [2.45, 2.75) is 26.7 Å². The van der Waals surface area contributed by atoms with E-state index >= 15 is 0 Å². The first kappa shape index (κ1) is 17.3. The van der Waals surface area contributed by atoms with Crippen LogP contribution in [0.15, 0.2) is 30.4 Å². The van der Waals surface area contributed by atoms with E-state index < -0.39 is 5.82 Å². The number of allylic oxidation sites excluding steroid dienone is 1. The van der Waals surface area contributed by atoms with E-state index in [1.807, 2.05) is 13.8 Å². The van der Waals surface area contributed by atoms with E-state index in [2.05, 4.69) is 17.2 Å². The standard InChI is InChI=1S/C17H19ClFNO/c1-13(2)12-20-17(21)8-6-4-3-5-7-14-9-10-16(19)15(18)11-14/h6,8-11,13H,3-4,12H2,1-2H3,(H,20,21). The molecule has 21 heavy (non-hydrogen) atoms. The van der Waals surface area contributed by atoms with E-state index in [9.17, 15) is 9.18 Å². The van der Waals surface area contributed by atoms with Gasteiger partial charge in [0.05, 0.1) is 5.02 Å². The van der Waals surface area contributed by atoms with Gasteiger partial charge in [0.15, 0.2) is 0 Å². The van der Waals surface area contributed by atoms with Crippen LogP contribution in [0.4, 0.5) is 4.39 Å². The summed E-state index contributed by atoms with van der Waals surface area (Å²) in [7, 11) is 0. The molecule has 0 aromatic heterocycles. The average molecular weight is 308 g/mol. The fourth-order valence-corrected chi connectivity index (χ4v) is 1.63. The summed E-state index contributed by atoms with van der Waals surface area (Å²) < 4.78 is 12.9. The predicted molar refractivity (Wildman–Crippen MR) is 84.5 cm³/mol. The Balaban J connectivity index is 2.32. The van der Waals surface area contributed by atoms with Crippen LogP contribution >= 0.6 is 11.6 Å². The second-order valence-electron chi connectivity index (χ2n) is 5.01. The first-order valence-corrected chi connectivity index (χ1v) is 7.25. The number of unbranched alkanes of at least 4 members (excludes halogenated alkanes) is 1. The van der Waals surface area contributed by atoms with Crippen LogP contribution in [0.5, 0.6) is 0 Å². The first-order valence-electron chi connectivity index (χ1n) is 6.87. The highest BCUT2D eigenvalue weighted by Gasteiger charge is 1.98. The minimum Gasteiger partial charge on any atom is -0.352 e. The molecule has 0 spiro atoms. The van der Waals surface area contributed by atoms with Gasteiger partial charge in [0.2, 0.25) is 5.91 Å². The van der Waals surface area contributed by atoms with Crippen LogP contribution in [-0.4, -0.2) is 12.5 Å². The molecular formula is C17H19ClFNO. The highest BCUT2D eigenvalue weighted by molar-refractivity contribution is 6.30. The zero-order valence-corrected chi connectivity index (χ0v) is 13.0. The van der Waals surface area contributed by atoms with E-state index in [4.69, 9.17) is 11.6 Å². The molecule has 112 valence electrons. The molecule has 1 aromatic rings. The molecule has 0 aliphatic carbocycles. The van der Waals surface area contributed by atoms with Gasteiger partial charge in [-0.2, -0.15) is 0 Å². The van der Waals surface area contributed by atoms with Gasteiger partial charge in [-0.1, -0.05) is 43.4 Å². The zero-order valence-electron chi connectivity index (χ0n) is 12.2. The van der Waals surface area contributed by atoms with Crippen molar-refractivity contribution in [3.8, 4) is 11.8 Å². The molecule has 0 radical (unpaired) electrons. The molecule has 2 nitrogen and oxygen atoms in total. The summed E-state index contributed by atoms with van der Waals surface area (Å²) in [5, 5.41) is 2.87. The van der Waals surface area contributed by atoms with Gasteiger partial charge >= 0.3 is 0 Å². The summed E-state index contributed by atoms with van der Waals surface area (Å²) >= 11 is 5.66. The monoisotopic (exact) mass is 307 g/mol. The molecule has 1 aromatic carbocycles. The van der Waals surface area contributed by atoms with Crippen molar-refractivity contribution in [2.24, 2.45) is 5.92 Å². The summed E-state index contributed by atoms with van der Waals surface area (Å²) in [6.07, 6.45) is 4.64. The maximum atomic E-state index is 12.9. The normalized spacial score (nSPS) is 10.5. The second kappa shape index (κ2) is 9.20. The number of hydrogen-bond donors (Lipinski definition) is 1. The number of carbonyl (C=O) groups is 1. The molecule has 0 bridgehead atoms. The van der Waals surface area contributed by atoms with Crippen molar-refractivity contribution in [3.63, 3.8) is 0 Å². The van der Waals surface area contributed by atoms with E-state index in [-0.39, 0.29) is 10.9 Å². The van der Waals surface area contributed by atoms with Crippen LogP contribution in [-0.2, 0) is 4.79 Å². The van der Waals surface area contributed by atoms with Crippen LogP contribution in [0.2, 0.25) is 5.02 Å². The molecule has 4 heteroatoms. The quantitative estimate of drug-likeness (QED) is 0.498. The molecule has 0 fully saturated rings. The summed E-state index contributed by atoms with van der Waals surface area (Å²) in [4.78, 5) is 11.4. The van der Waals surface area contributed by atoms with E-state index in [0.717, 1.165) is 0 Å². The zero-order chi connectivity index (χ0) is 15.7. The van der Waals surface area contributed by atoms with Gasteiger partial charge in [-0.25, -0.2) is 4.39 Å². The fourth-order valence-electron chi connectivity index (χ4n) is 1.45. The molecular weight excluding hydrogens is 289 g/mol. The largest absolute Gasteiger partial charge is 0.352 e. The van der Waals surface area contributed by atoms with Crippen molar-refractivity contribution >= 4 is 17.5 Å². The first-order chi connectivity index (χ1) is 9.99. The maximum absolute atomic E-state index is 12.9. The lowest BCUT2D eigenvalue weighted by Crippen LogP contribution is -2.25. The van der Waals surface area contributed by atoms with Crippen molar-refractivity contribution in [2.75, 3.05) is 6.54 Å². The Morgan fingerprint density at radius 1 is 1.48 bits per heavy atom. The minimum absolute atomic E-state index is 0.0727. The number of hydrogen-bond acceptors (Lipinski definition) is 1. The van der Waals surface area contributed by atoms with Crippen LogP contribution in [0.25, 0.3) is 0 Å². The second-order valence-corrected chi connectivity index (χ2v) is 5.42. The number of rotatable bonds is 5. The van der Waals surface area contributed by atoms with Gasteiger partial charge in [-0.3, -0.25) is 4.79 Å². The summed E-state index contributed by atoms with van der Waals surface area (Å²) in [5.74, 6) is 5.78. The Morgan fingerprint density at radius 3 is 2.90 bits per heavy atom. The molecule has 0 unspecified atom stereocenters. The Morgan fingerprint density at radius 2 is 2.24 bits per heavy atom. The molecule has 0 saturated carbocycles. The summed E-state index contributed by atoms with van der Waals surface area (Å²) in [5.41, 5.74) is 0.681. The molecule has 1 rings (SSSR count). The topological polar surface area (TPSA) is 29.1 Å². The lowest BCUT2D eigenvalue weighted by atomic mass is 10.2. The van der Waals surface area contributed by atoms with Gasteiger partial charge < -0.3 is 5.32 Å². The molecule has 1 amide bonds. The van der Waals surface area contributed by atoms with Crippen LogP contribution in [0.1, 0.15) is 32.3 Å². The summed E-state index contributed by atoms with van der Waals surface area (Å²) in [6.45, 7) is 4.76. The molecule has 0 atom stereocenters. The van der Waals surface area contributed by atoms with Crippen molar-refractivity contribution in [1.82, 2.24) is 5.32 Å². The lowest BCUT2D eigenvalue weighted by molar-refractivity contribution is -0.116. The number of halogens is 2. The molecule has 0 aliphatic heterocycles. The van der Waals surface area contributed by atoms with Gasteiger partial charge in [-0.15, -0.1) is 0 Å². The number of benzene rings is 1. The fraction of sp³-hybridized carbons (Fsp3) is 0.353. The Bertz CT molecular complexity index is 570. The maximum Gasteiger partial charge on any atom is 0.243 e. The number of carbonyl (C=O) groups excluding carboxylic acids is 1. The predicted octanol–water partition coefficient (Wildman–Crippen LogP) is 3.94. The molecule has 0 heterocycles. The third-order valence-electron chi connectivity index (χ3n) is 2.54. The van der Waals surface area contributed by atoms with Crippen molar-refractivity contribution in [3.05, 3.63) is 46.8 Å². The van der Waals surface area contributed by atoms with Gasteiger partial charge in [0, 0.05) is 18.5 Å². The van der Waals surface area contributed by atoms with Crippen molar-refractivity contribution in [1.29, 1.82) is 0 Å². The van der Waals surface area contributed by atoms with Gasteiger partial charge in [0.25, 0.3) is 0 Å². The Hall–Kier alpha value is -1.79. The Labute approximate surface area is 130 Å². The van der Waals surface area contributed by atoms with Gasteiger partial charge in [-0.05, 0) is 36.6 Å². The van der Waals surface area contributed by atoms with Crippen LogP contribution in [0.3, 0.4) is 0 Å². The minimum atomic E-state index is -0.447. The number of nitrogens with one attached hydrogen (secondary N) is 1. The average Bonchev–Trinajstić information content (AvgIpc) is 2.44. The highest BCUT2D eigenvalue weighted by Crippen LogP contribution is 2.15. The highest BCUT2D eigenvalue weighted by atomic mass is 35.5. The van der Waals surface area contributed by atoms with Crippen LogP contribution < -0.4 is 5.32 Å². The van der Waals surface area contributed by atoms with Gasteiger partial charge in [0.1, 0.15) is 5.82 Å². The van der Waals surface area contributed by atoms with E-state index in [0.29, 0.717) is 30.9 Å². The van der Waals surface area contributed by atoms with Crippen LogP contribution in [0, 0.1) is 23.6 Å². The summed E-state index contributed by atoms with van der Waals surface area (Å²) in [6, 6.07) is 4.38. The lowest BCUT2D eigenvalue weighted by Gasteiger charge is -2.03. The molecule has 0 aliphatic rings. The third kappa shape index (κ3) is 7.53. The van der Waals surface area contributed by atoms with E-state index in [1.165, 1.54) is 18.2 Å². The van der Waals surface area contributed by atoms with E-state index in [1.54, 1.807) is 12.1 Å². The third-order valence-corrected chi connectivity index (χ3v) is 2.83.